The minimum Gasteiger partial charge on any atom is -0.290 e. The highest BCUT2D eigenvalue weighted by Crippen LogP contribution is 2.50. The van der Waals surface area contributed by atoms with Crippen molar-refractivity contribution in [3.8, 4) is 0 Å². The van der Waals surface area contributed by atoms with Gasteiger partial charge in [0.05, 0.1) is 0 Å². The smallest absolute Gasteiger partial charge is 0.178 e. The first-order valence-corrected chi connectivity index (χ1v) is 5.61. The van der Waals surface area contributed by atoms with Gasteiger partial charge >= 0.3 is 0 Å². The molecule has 1 spiro atoms. The summed E-state index contributed by atoms with van der Waals surface area (Å²) in [6, 6.07) is 0. The molecule has 0 bridgehead atoms. The molecule has 15 heavy (non-hydrogen) atoms. The van der Waals surface area contributed by atoms with Crippen LogP contribution in [0.4, 0.5) is 0 Å². The Labute approximate surface area is 91.6 Å². The fourth-order valence-corrected chi connectivity index (χ4v) is 2.78. The molecular weight excluding hydrogens is 184 g/mol. The Bertz CT molecular complexity index is 373. The van der Waals surface area contributed by atoms with Crippen LogP contribution in [0.15, 0.2) is 36.0 Å². The molecule has 80 valence electrons. The number of hydrogen-bond acceptors (Lipinski definition) is 1. The van der Waals surface area contributed by atoms with Crippen LogP contribution in [0.25, 0.3) is 0 Å². The van der Waals surface area contributed by atoms with Gasteiger partial charge < -0.3 is 0 Å². The quantitative estimate of drug-likeness (QED) is 0.595. The van der Waals surface area contributed by atoms with Crippen LogP contribution in [-0.4, -0.2) is 5.78 Å². The number of carbonyl (C=O) groups excluding carboxylic acids is 1. The second-order valence-corrected chi connectivity index (χ2v) is 5.01. The van der Waals surface area contributed by atoms with Gasteiger partial charge in [0, 0.05) is 5.41 Å². The highest BCUT2D eigenvalue weighted by molar-refractivity contribution is 6.01. The van der Waals surface area contributed by atoms with Crippen LogP contribution in [0.2, 0.25) is 0 Å². The molecule has 2 unspecified atom stereocenters. The van der Waals surface area contributed by atoms with Crippen molar-refractivity contribution in [2.24, 2.45) is 11.3 Å². The van der Waals surface area contributed by atoms with Crippen molar-refractivity contribution < 1.29 is 4.79 Å². The minimum absolute atomic E-state index is 0.136. The lowest BCUT2D eigenvalue weighted by Crippen LogP contribution is -2.20. The van der Waals surface area contributed by atoms with Crippen LogP contribution >= 0.6 is 0 Å². The van der Waals surface area contributed by atoms with E-state index in [1.807, 2.05) is 0 Å². The molecule has 0 aromatic carbocycles. The molecule has 0 N–H and O–H groups in total. The van der Waals surface area contributed by atoms with Crippen molar-refractivity contribution in [1.29, 1.82) is 0 Å². The van der Waals surface area contributed by atoms with Gasteiger partial charge in [0.1, 0.15) is 0 Å². The van der Waals surface area contributed by atoms with Gasteiger partial charge in [-0.2, -0.15) is 0 Å². The largest absolute Gasteiger partial charge is 0.290 e. The maximum absolute atomic E-state index is 11.2. The van der Waals surface area contributed by atoms with E-state index in [2.05, 4.69) is 26.5 Å². The van der Waals surface area contributed by atoms with Gasteiger partial charge in [-0.15, -0.1) is 0 Å². The molecule has 1 nitrogen and oxygen atoms in total. The second kappa shape index (κ2) is 3.48. The standard InChI is InChI=1S/C14H18O/c1-10(2)12-4-6-14(9-12)7-5-13(15)8-11(14)3/h5,7-8,12H,1,4,6,9H2,2-3H3. The van der Waals surface area contributed by atoms with E-state index < -0.39 is 0 Å². The summed E-state index contributed by atoms with van der Waals surface area (Å²) < 4.78 is 0. The first kappa shape index (κ1) is 10.4. The molecule has 0 aromatic heterocycles. The molecule has 0 radical (unpaired) electrons. The van der Waals surface area contributed by atoms with E-state index in [0.717, 1.165) is 12.8 Å². The fourth-order valence-electron chi connectivity index (χ4n) is 2.78. The van der Waals surface area contributed by atoms with Crippen LogP contribution < -0.4 is 0 Å². The molecule has 1 saturated carbocycles. The molecule has 2 atom stereocenters. The molecule has 1 fully saturated rings. The topological polar surface area (TPSA) is 17.1 Å². The van der Waals surface area contributed by atoms with Gasteiger partial charge in [0.2, 0.25) is 0 Å². The van der Waals surface area contributed by atoms with Crippen molar-refractivity contribution in [1.82, 2.24) is 0 Å². The van der Waals surface area contributed by atoms with E-state index in [-0.39, 0.29) is 11.2 Å². The van der Waals surface area contributed by atoms with Crippen molar-refractivity contribution in [3.63, 3.8) is 0 Å². The molecule has 2 aliphatic carbocycles. The van der Waals surface area contributed by atoms with Crippen LogP contribution in [0, 0.1) is 11.3 Å². The Balaban J connectivity index is 2.24. The lowest BCUT2D eigenvalue weighted by molar-refractivity contribution is -0.110. The van der Waals surface area contributed by atoms with Gasteiger partial charge in [-0.1, -0.05) is 23.8 Å². The van der Waals surface area contributed by atoms with E-state index in [1.54, 1.807) is 12.2 Å². The number of rotatable bonds is 1. The molecule has 2 rings (SSSR count). The van der Waals surface area contributed by atoms with E-state index in [9.17, 15) is 4.79 Å². The molecule has 1 heteroatoms. The average molecular weight is 202 g/mol. The maximum Gasteiger partial charge on any atom is 0.178 e. The van der Waals surface area contributed by atoms with E-state index >= 15 is 0 Å². The van der Waals surface area contributed by atoms with Gasteiger partial charge in [-0.25, -0.2) is 0 Å². The second-order valence-electron chi connectivity index (χ2n) is 5.01. The first-order valence-electron chi connectivity index (χ1n) is 5.61. The lowest BCUT2D eigenvalue weighted by Gasteiger charge is -2.29. The predicted octanol–water partition coefficient (Wildman–Crippen LogP) is 3.43. The van der Waals surface area contributed by atoms with E-state index in [0.29, 0.717) is 5.92 Å². The van der Waals surface area contributed by atoms with E-state index in [4.69, 9.17) is 0 Å². The Morgan fingerprint density at radius 2 is 2.33 bits per heavy atom. The zero-order chi connectivity index (χ0) is 11.1. The molecule has 0 saturated heterocycles. The normalized spacial score (nSPS) is 34.7. The molecule has 0 heterocycles. The Morgan fingerprint density at radius 1 is 1.60 bits per heavy atom. The Hall–Kier alpha value is -1.11. The maximum atomic E-state index is 11.2. The summed E-state index contributed by atoms with van der Waals surface area (Å²) in [5, 5.41) is 0. The zero-order valence-corrected chi connectivity index (χ0v) is 9.55. The van der Waals surface area contributed by atoms with Crippen LogP contribution in [0.1, 0.15) is 33.1 Å². The van der Waals surface area contributed by atoms with Crippen LogP contribution in [-0.2, 0) is 4.79 Å². The number of hydrogen-bond donors (Lipinski definition) is 0. The third-order valence-corrected chi connectivity index (χ3v) is 3.96. The lowest BCUT2D eigenvalue weighted by atomic mass is 9.75. The highest BCUT2D eigenvalue weighted by atomic mass is 16.1. The SMILES string of the molecule is C=C(C)C1CCC2(C=CC(=O)C=C2C)C1. The molecular formula is C14H18O. The average Bonchev–Trinajstić information content (AvgIpc) is 2.58. The summed E-state index contributed by atoms with van der Waals surface area (Å²) >= 11 is 0. The van der Waals surface area contributed by atoms with Crippen molar-refractivity contribution in [2.45, 2.75) is 33.1 Å². The number of carbonyl (C=O) groups is 1. The fraction of sp³-hybridized carbons (Fsp3) is 0.500. The number of allylic oxidation sites excluding steroid dienone is 5. The van der Waals surface area contributed by atoms with Crippen molar-refractivity contribution in [2.75, 3.05) is 0 Å². The predicted molar refractivity (Wildman–Crippen MR) is 62.5 cm³/mol. The summed E-state index contributed by atoms with van der Waals surface area (Å²) in [7, 11) is 0. The summed E-state index contributed by atoms with van der Waals surface area (Å²) in [6.07, 6.45) is 9.15. The first-order chi connectivity index (χ1) is 7.03. The minimum atomic E-state index is 0.136. The summed E-state index contributed by atoms with van der Waals surface area (Å²) in [4.78, 5) is 11.2. The molecule has 0 aromatic rings. The third-order valence-electron chi connectivity index (χ3n) is 3.96. The number of ketones is 1. The Kier molecular flexibility index (Phi) is 2.41. The monoisotopic (exact) mass is 202 g/mol. The van der Waals surface area contributed by atoms with Crippen LogP contribution in [0.5, 0.6) is 0 Å². The van der Waals surface area contributed by atoms with Crippen molar-refractivity contribution in [3.05, 3.63) is 36.0 Å². The molecule has 2 aliphatic rings. The van der Waals surface area contributed by atoms with Gasteiger partial charge in [0.25, 0.3) is 0 Å². The summed E-state index contributed by atoms with van der Waals surface area (Å²) in [5.41, 5.74) is 2.68. The molecule has 0 aliphatic heterocycles. The third kappa shape index (κ3) is 1.71. The van der Waals surface area contributed by atoms with Gasteiger partial charge in [0.15, 0.2) is 5.78 Å². The molecule has 0 amide bonds. The van der Waals surface area contributed by atoms with E-state index in [1.165, 1.54) is 17.6 Å². The van der Waals surface area contributed by atoms with Crippen LogP contribution in [0.3, 0.4) is 0 Å². The van der Waals surface area contributed by atoms with Gasteiger partial charge in [-0.3, -0.25) is 4.79 Å². The zero-order valence-electron chi connectivity index (χ0n) is 9.55. The van der Waals surface area contributed by atoms with Crippen molar-refractivity contribution >= 4 is 5.78 Å². The van der Waals surface area contributed by atoms with Gasteiger partial charge in [-0.05, 0) is 51.2 Å². The highest BCUT2D eigenvalue weighted by Gasteiger charge is 2.39. The Morgan fingerprint density at radius 3 is 2.87 bits per heavy atom. The summed E-state index contributed by atoms with van der Waals surface area (Å²) in [5.74, 6) is 0.767. The summed E-state index contributed by atoms with van der Waals surface area (Å²) in [6.45, 7) is 8.24.